The quantitative estimate of drug-likeness (QED) is 0.635. The standard InChI is InChI=1S/C11H15N3O.C8H9NO.C4H10N2/c1-9(15)10-2-3-11(13-8-10)14-6-4-12-5-7-14;1-6-3-4-8(5-9-6)7(2)10;1-2-6-4-3-5-1/h2-3,8,12H,4-7H2,1H3;3-5H,1-2H3;5-6H,1-4H2. The molecule has 168 valence electrons. The van der Waals surface area contributed by atoms with Crippen LogP contribution in [0.15, 0.2) is 36.7 Å². The van der Waals surface area contributed by atoms with Crippen LogP contribution in [0.3, 0.4) is 0 Å². The Morgan fingerprint density at radius 2 is 1.23 bits per heavy atom. The molecule has 2 aliphatic heterocycles. The van der Waals surface area contributed by atoms with Crippen molar-refractivity contribution in [1.29, 1.82) is 0 Å². The predicted molar refractivity (Wildman–Crippen MR) is 124 cm³/mol. The minimum Gasteiger partial charge on any atom is -0.354 e. The molecule has 0 spiro atoms. The van der Waals surface area contributed by atoms with E-state index in [0.29, 0.717) is 11.1 Å². The molecule has 0 radical (unpaired) electrons. The molecule has 31 heavy (non-hydrogen) atoms. The molecule has 2 aliphatic rings. The second-order valence-electron chi connectivity index (χ2n) is 7.44. The normalized spacial score (nSPS) is 15.6. The molecule has 4 rings (SSSR count). The number of carbonyl (C=O) groups is 2. The maximum atomic E-state index is 11.1. The first-order valence-electron chi connectivity index (χ1n) is 10.7. The number of hydrogen-bond donors (Lipinski definition) is 3. The van der Waals surface area contributed by atoms with Gasteiger partial charge in [-0.2, -0.15) is 0 Å². The summed E-state index contributed by atoms with van der Waals surface area (Å²) in [4.78, 5) is 32.3. The van der Waals surface area contributed by atoms with Crippen LogP contribution in [0.2, 0.25) is 0 Å². The topological polar surface area (TPSA) is 99.2 Å². The largest absolute Gasteiger partial charge is 0.354 e. The average Bonchev–Trinajstić information content (AvgIpc) is 2.82. The molecular formula is C23H34N6O2. The van der Waals surface area contributed by atoms with Gasteiger partial charge in [-0.25, -0.2) is 4.98 Å². The summed E-state index contributed by atoms with van der Waals surface area (Å²) in [6, 6.07) is 7.37. The summed E-state index contributed by atoms with van der Waals surface area (Å²) in [5.74, 6) is 1.09. The van der Waals surface area contributed by atoms with Crippen molar-refractivity contribution >= 4 is 17.4 Å². The Bertz CT molecular complexity index is 786. The second-order valence-corrected chi connectivity index (χ2v) is 7.44. The van der Waals surface area contributed by atoms with Gasteiger partial charge in [0.25, 0.3) is 0 Å². The number of pyridine rings is 2. The number of hydrogen-bond acceptors (Lipinski definition) is 8. The van der Waals surface area contributed by atoms with E-state index >= 15 is 0 Å². The number of nitrogens with one attached hydrogen (secondary N) is 3. The van der Waals surface area contributed by atoms with Crippen molar-refractivity contribution in [3.63, 3.8) is 0 Å². The molecule has 4 heterocycles. The fourth-order valence-corrected chi connectivity index (χ4v) is 2.95. The number of carbonyl (C=O) groups excluding carboxylic acids is 2. The zero-order valence-electron chi connectivity index (χ0n) is 18.8. The lowest BCUT2D eigenvalue weighted by molar-refractivity contribution is 0.100. The predicted octanol–water partition coefficient (Wildman–Crippen LogP) is 1.47. The van der Waals surface area contributed by atoms with E-state index in [1.54, 1.807) is 25.4 Å². The molecule has 2 aromatic heterocycles. The van der Waals surface area contributed by atoms with Crippen LogP contribution in [-0.2, 0) is 0 Å². The maximum absolute atomic E-state index is 11.1. The molecule has 2 fully saturated rings. The zero-order chi connectivity index (χ0) is 22.5. The smallest absolute Gasteiger partial charge is 0.161 e. The van der Waals surface area contributed by atoms with E-state index in [0.717, 1.165) is 63.9 Å². The molecule has 0 bridgehead atoms. The monoisotopic (exact) mass is 426 g/mol. The van der Waals surface area contributed by atoms with Crippen molar-refractivity contribution in [2.24, 2.45) is 0 Å². The first kappa shape index (κ1) is 24.6. The molecule has 2 saturated heterocycles. The Morgan fingerprint density at radius 3 is 1.61 bits per heavy atom. The van der Waals surface area contributed by atoms with Gasteiger partial charge in [0, 0.05) is 81.6 Å². The number of nitrogens with zero attached hydrogens (tertiary/aromatic N) is 3. The number of anilines is 1. The molecule has 0 unspecified atom stereocenters. The minimum absolute atomic E-state index is 0.0625. The summed E-state index contributed by atoms with van der Waals surface area (Å²) >= 11 is 0. The van der Waals surface area contributed by atoms with Gasteiger partial charge >= 0.3 is 0 Å². The van der Waals surface area contributed by atoms with Gasteiger partial charge in [-0.1, -0.05) is 0 Å². The molecule has 8 heteroatoms. The van der Waals surface area contributed by atoms with Gasteiger partial charge in [-0.15, -0.1) is 0 Å². The number of rotatable bonds is 3. The second kappa shape index (κ2) is 13.6. The van der Waals surface area contributed by atoms with Crippen molar-refractivity contribution in [3.8, 4) is 0 Å². The van der Waals surface area contributed by atoms with E-state index in [-0.39, 0.29) is 11.6 Å². The van der Waals surface area contributed by atoms with Crippen LogP contribution in [-0.4, -0.2) is 73.9 Å². The number of aryl methyl sites for hydroxylation is 1. The van der Waals surface area contributed by atoms with E-state index in [1.807, 2.05) is 25.1 Å². The minimum atomic E-state index is 0.0625. The number of aromatic nitrogens is 2. The van der Waals surface area contributed by atoms with Crippen molar-refractivity contribution in [1.82, 2.24) is 25.9 Å². The van der Waals surface area contributed by atoms with E-state index in [1.165, 1.54) is 6.92 Å². The maximum Gasteiger partial charge on any atom is 0.161 e. The van der Waals surface area contributed by atoms with Crippen LogP contribution >= 0.6 is 0 Å². The highest BCUT2D eigenvalue weighted by Crippen LogP contribution is 2.12. The molecule has 8 nitrogen and oxygen atoms in total. The highest BCUT2D eigenvalue weighted by molar-refractivity contribution is 5.94. The van der Waals surface area contributed by atoms with Gasteiger partial charge < -0.3 is 20.9 Å². The van der Waals surface area contributed by atoms with E-state index in [4.69, 9.17) is 0 Å². The third kappa shape index (κ3) is 9.33. The Kier molecular flexibility index (Phi) is 10.8. The molecule has 0 aliphatic carbocycles. The molecule has 0 saturated carbocycles. The van der Waals surface area contributed by atoms with E-state index in [9.17, 15) is 9.59 Å². The van der Waals surface area contributed by atoms with Crippen molar-refractivity contribution < 1.29 is 9.59 Å². The fraction of sp³-hybridized carbons (Fsp3) is 0.478. The number of Topliss-reactive ketones (excluding diaryl/α,β-unsaturated/α-hetero) is 2. The van der Waals surface area contributed by atoms with Crippen molar-refractivity contribution in [2.75, 3.05) is 57.3 Å². The molecule has 0 amide bonds. The summed E-state index contributed by atoms with van der Waals surface area (Å²) in [6.45, 7) is 13.5. The lowest BCUT2D eigenvalue weighted by atomic mass is 10.2. The van der Waals surface area contributed by atoms with Crippen LogP contribution < -0.4 is 20.9 Å². The third-order valence-corrected chi connectivity index (χ3v) is 4.87. The van der Waals surface area contributed by atoms with E-state index < -0.39 is 0 Å². The Balaban J connectivity index is 0.000000183. The van der Waals surface area contributed by atoms with Crippen LogP contribution in [0.5, 0.6) is 0 Å². The van der Waals surface area contributed by atoms with Gasteiger partial charge in [-0.05, 0) is 45.0 Å². The van der Waals surface area contributed by atoms with Gasteiger partial charge in [-0.3, -0.25) is 14.6 Å². The van der Waals surface area contributed by atoms with Gasteiger partial charge in [0.05, 0.1) is 0 Å². The van der Waals surface area contributed by atoms with Gasteiger partial charge in [0.2, 0.25) is 0 Å². The van der Waals surface area contributed by atoms with Crippen LogP contribution in [0.4, 0.5) is 5.82 Å². The van der Waals surface area contributed by atoms with Gasteiger partial charge in [0.15, 0.2) is 11.6 Å². The Morgan fingerprint density at radius 1 is 0.742 bits per heavy atom. The highest BCUT2D eigenvalue weighted by Gasteiger charge is 2.11. The first-order valence-corrected chi connectivity index (χ1v) is 10.7. The lowest BCUT2D eigenvalue weighted by Gasteiger charge is -2.28. The summed E-state index contributed by atoms with van der Waals surface area (Å²) in [6.07, 6.45) is 3.25. The average molecular weight is 427 g/mol. The first-order chi connectivity index (χ1) is 15.0. The number of ketones is 2. The zero-order valence-corrected chi connectivity index (χ0v) is 18.8. The highest BCUT2D eigenvalue weighted by atomic mass is 16.1. The van der Waals surface area contributed by atoms with Crippen LogP contribution in [0.25, 0.3) is 0 Å². The van der Waals surface area contributed by atoms with Crippen molar-refractivity contribution in [3.05, 3.63) is 53.5 Å². The summed E-state index contributed by atoms with van der Waals surface area (Å²) in [7, 11) is 0. The van der Waals surface area contributed by atoms with E-state index in [2.05, 4.69) is 30.8 Å². The lowest BCUT2D eigenvalue weighted by Crippen LogP contribution is -2.43. The molecule has 3 N–H and O–H groups in total. The Hall–Kier alpha value is -2.68. The number of piperazine rings is 2. The summed E-state index contributed by atoms with van der Waals surface area (Å²) in [5.41, 5.74) is 2.28. The SMILES string of the molecule is C1CNCCN1.CC(=O)c1ccc(C)nc1.CC(=O)c1ccc(N2CCNCC2)nc1. The summed E-state index contributed by atoms with van der Waals surface area (Å²) in [5, 5.41) is 9.73. The molecule has 2 aromatic rings. The van der Waals surface area contributed by atoms with Gasteiger partial charge in [0.1, 0.15) is 5.82 Å². The van der Waals surface area contributed by atoms with Crippen LogP contribution in [0.1, 0.15) is 40.3 Å². The van der Waals surface area contributed by atoms with Crippen molar-refractivity contribution in [2.45, 2.75) is 20.8 Å². The molecule has 0 atom stereocenters. The molecular weight excluding hydrogens is 392 g/mol. The molecule has 0 aromatic carbocycles. The fourth-order valence-electron chi connectivity index (χ4n) is 2.95. The van der Waals surface area contributed by atoms with Crippen LogP contribution in [0, 0.1) is 6.92 Å². The Labute approximate surface area is 184 Å². The summed E-state index contributed by atoms with van der Waals surface area (Å²) < 4.78 is 0. The third-order valence-electron chi connectivity index (χ3n) is 4.87.